The lowest BCUT2D eigenvalue weighted by Crippen LogP contribution is -2.59. The third kappa shape index (κ3) is 14.3. The van der Waals surface area contributed by atoms with Gasteiger partial charge in [0, 0.05) is 26.3 Å². The zero-order chi connectivity index (χ0) is 38.5. The number of nitrogens with two attached hydrogens (primary N) is 2. The Morgan fingerprint density at radius 3 is 2.10 bits per heavy atom. The number of hydrogen-bond acceptors (Lipinski definition) is 10. The summed E-state index contributed by atoms with van der Waals surface area (Å²) in [6.45, 7) is 4.47. The first-order valence-corrected chi connectivity index (χ1v) is 17.9. The van der Waals surface area contributed by atoms with Crippen molar-refractivity contribution in [3.05, 3.63) is 29.8 Å². The van der Waals surface area contributed by atoms with Crippen LogP contribution in [0.25, 0.3) is 0 Å². The molecule has 11 N–H and O–H groups in total. The molecule has 0 saturated carbocycles. The number of benzene rings is 1. The monoisotopic (exact) mass is 741 g/mol. The predicted octanol–water partition coefficient (Wildman–Crippen LogP) is -2.03. The van der Waals surface area contributed by atoms with Crippen molar-refractivity contribution < 1.29 is 57.5 Å². The van der Waals surface area contributed by atoms with Gasteiger partial charge < -0.3 is 47.3 Å². The summed E-state index contributed by atoms with van der Waals surface area (Å²) in [5.74, 6) is -5.35. The highest BCUT2D eigenvalue weighted by Crippen LogP contribution is 2.37. The Labute approximate surface area is 294 Å². The van der Waals surface area contributed by atoms with Crippen LogP contribution in [-0.4, -0.2) is 104 Å². The van der Waals surface area contributed by atoms with E-state index >= 15 is 0 Å². The van der Waals surface area contributed by atoms with E-state index in [2.05, 4.69) is 25.8 Å². The van der Waals surface area contributed by atoms with Crippen LogP contribution in [0.1, 0.15) is 71.3 Å². The van der Waals surface area contributed by atoms with Crippen LogP contribution in [0.5, 0.6) is 5.75 Å². The van der Waals surface area contributed by atoms with E-state index in [1.54, 1.807) is 0 Å². The van der Waals surface area contributed by atoms with Crippen molar-refractivity contribution in [2.45, 2.75) is 108 Å². The lowest BCUT2D eigenvalue weighted by atomic mass is 10.0. The molecule has 1 saturated heterocycles. The first-order chi connectivity index (χ1) is 23.8. The average Bonchev–Trinajstić information content (AvgIpc) is 3.53. The maximum atomic E-state index is 13.9. The maximum absolute atomic E-state index is 13.9. The molecule has 0 aliphatic carbocycles. The van der Waals surface area contributed by atoms with Gasteiger partial charge in [-0.1, -0.05) is 31.9 Å². The zero-order valence-corrected chi connectivity index (χ0v) is 29.6. The summed E-state index contributed by atoms with van der Waals surface area (Å²) in [7, 11) is -4.79. The van der Waals surface area contributed by atoms with Gasteiger partial charge in [0.2, 0.25) is 41.4 Å². The second-order valence-electron chi connectivity index (χ2n) is 12.3. The van der Waals surface area contributed by atoms with E-state index in [-0.39, 0.29) is 44.4 Å². The van der Waals surface area contributed by atoms with Gasteiger partial charge in [0.15, 0.2) is 0 Å². The molecule has 284 valence electrons. The number of carbonyl (C=O) groups is 7. The highest BCUT2D eigenvalue weighted by atomic mass is 31.2. The average molecular weight is 742 g/mol. The first kappa shape index (κ1) is 42.6. The number of aliphatic hydroxyl groups is 1. The number of unbranched alkanes of at least 4 members (excludes halogenated alkanes) is 1. The smallest absolute Gasteiger partial charge is 0.404 e. The standard InChI is InChI=1S/C31H48N7O12P/c1-4-5-7-22(36-29(44)23(34-18(3)40)16-19-9-11-20(12-10-19)50-51(47,48)49)31(46)38-15-6-8-24(38)30(45)35-21(13-14-25(32)41)28(43)37-26(17(2)39)27(33)42/h9-12,17,21-24,26,39H,4-8,13-16H2,1-3H3,(H2,32,41)(H2,33,42)(H,34,40)(H,35,45)(H,36,44)(H,37,43)(H2,47,48,49)/t17?,21-,22-,23-,24-,26-/m0/s1. The van der Waals surface area contributed by atoms with Crippen LogP contribution in [0.3, 0.4) is 0 Å². The Hall–Kier alpha value is -4.58. The third-order valence-electron chi connectivity index (χ3n) is 7.98. The molecule has 1 unspecified atom stereocenters. The van der Waals surface area contributed by atoms with Gasteiger partial charge in [0.1, 0.15) is 36.0 Å². The minimum absolute atomic E-state index is 0.0501. The molecule has 1 aliphatic rings. The van der Waals surface area contributed by atoms with Crippen LogP contribution in [-0.2, 0) is 44.5 Å². The number of nitrogens with one attached hydrogen (secondary N) is 4. The minimum Gasteiger partial charge on any atom is -0.404 e. The number of hydrogen-bond donors (Lipinski definition) is 9. The topological polar surface area (TPSA) is 310 Å². The summed E-state index contributed by atoms with van der Waals surface area (Å²) < 4.78 is 15.7. The number of amides is 7. The number of nitrogens with zero attached hydrogens (tertiary/aromatic N) is 1. The maximum Gasteiger partial charge on any atom is 0.524 e. The Morgan fingerprint density at radius 1 is 0.941 bits per heavy atom. The van der Waals surface area contributed by atoms with Crippen LogP contribution in [0.2, 0.25) is 0 Å². The van der Waals surface area contributed by atoms with Gasteiger partial charge in [-0.15, -0.1) is 0 Å². The van der Waals surface area contributed by atoms with Crippen molar-refractivity contribution >= 4 is 49.2 Å². The van der Waals surface area contributed by atoms with E-state index in [9.17, 15) is 43.2 Å². The Morgan fingerprint density at radius 2 is 1.57 bits per heavy atom. The van der Waals surface area contributed by atoms with Gasteiger partial charge in [-0.2, -0.15) is 0 Å². The lowest BCUT2D eigenvalue weighted by molar-refractivity contribution is -0.142. The number of rotatable bonds is 20. The molecule has 2 rings (SSSR count). The summed E-state index contributed by atoms with van der Waals surface area (Å²) >= 11 is 0. The van der Waals surface area contributed by atoms with Crippen LogP contribution in [0, 0.1) is 0 Å². The molecule has 19 nitrogen and oxygen atoms in total. The molecular formula is C31H48N7O12P. The van der Waals surface area contributed by atoms with Crippen LogP contribution < -0.4 is 37.3 Å². The summed E-state index contributed by atoms with van der Waals surface area (Å²) in [6.07, 6.45) is 0.0340. The molecule has 0 aromatic heterocycles. The van der Waals surface area contributed by atoms with Crippen molar-refractivity contribution in [1.82, 2.24) is 26.2 Å². The molecule has 1 fully saturated rings. The fraction of sp³-hybridized carbons (Fsp3) is 0.581. The van der Waals surface area contributed by atoms with Crippen molar-refractivity contribution in [2.24, 2.45) is 11.5 Å². The lowest BCUT2D eigenvalue weighted by Gasteiger charge is -2.31. The van der Waals surface area contributed by atoms with E-state index in [1.807, 2.05) is 6.92 Å². The van der Waals surface area contributed by atoms with Gasteiger partial charge in [-0.25, -0.2) is 4.57 Å². The Balaban J connectivity index is 2.25. The molecule has 0 radical (unpaired) electrons. The largest absolute Gasteiger partial charge is 0.524 e. The van der Waals surface area contributed by atoms with Crippen LogP contribution >= 0.6 is 7.82 Å². The number of aliphatic hydroxyl groups excluding tert-OH is 1. The van der Waals surface area contributed by atoms with E-state index in [0.29, 0.717) is 24.8 Å². The molecule has 51 heavy (non-hydrogen) atoms. The van der Waals surface area contributed by atoms with Crippen molar-refractivity contribution in [3.8, 4) is 5.75 Å². The second-order valence-corrected chi connectivity index (χ2v) is 13.4. The second kappa shape index (κ2) is 19.7. The molecule has 0 spiro atoms. The van der Waals surface area contributed by atoms with Gasteiger partial charge in [-0.05, 0) is 50.3 Å². The minimum atomic E-state index is -4.79. The highest BCUT2D eigenvalue weighted by molar-refractivity contribution is 7.46. The fourth-order valence-corrected chi connectivity index (χ4v) is 5.86. The van der Waals surface area contributed by atoms with E-state index in [4.69, 9.17) is 21.3 Å². The molecule has 1 heterocycles. The normalized spacial score (nSPS) is 17.2. The number of likely N-dealkylation sites (tertiary alicyclic amines) is 1. The number of phosphoric acid groups is 1. The number of carbonyl (C=O) groups excluding carboxylic acids is 7. The fourth-order valence-electron chi connectivity index (χ4n) is 5.46. The quantitative estimate of drug-likeness (QED) is 0.0654. The molecule has 20 heteroatoms. The van der Waals surface area contributed by atoms with E-state index in [0.717, 1.165) is 0 Å². The molecule has 1 aliphatic heterocycles. The molecule has 7 amide bonds. The Kier molecular flexibility index (Phi) is 16.5. The van der Waals surface area contributed by atoms with Crippen LogP contribution in [0.15, 0.2) is 24.3 Å². The summed E-state index contributed by atoms with van der Waals surface area (Å²) in [4.78, 5) is 109. The molecule has 1 aromatic rings. The molecule has 0 bridgehead atoms. The molecular weight excluding hydrogens is 693 g/mol. The van der Waals surface area contributed by atoms with Crippen molar-refractivity contribution in [2.75, 3.05) is 6.54 Å². The molecule has 6 atom stereocenters. The SMILES string of the molecule is CCCC[C@H](NC(=O)[C@H](Cc1ccc(OP(=O)(O)O)cc1)NC(C)=O)C(=O)N1CCC[C@H]1C(=O)N[C@@H](CCC(N)=O)C(=O)N[C@H](C(N)=O)C(C)O. The third-order valence-corrected chi connectivity index (χ3v) is 8.43. The predicted molar refractivity (Wildman–Crippen MR) is 180 cm³/mol. The number of phosphoric ester groups is 1. The van der Waals surface area contributed by atoms with Crippen molar-refractivity contribution in [3.63, 3.8) is 0 Å². The Bertz CT molecular complexity index is 1470. The van der Waals surface area contributed by atoms with Crippen molar-refractivity contribution in [1.29, 1.82) is 0 Å². The summed E-state index contributed by atoms with van der Waals surface area (Å²) in [6, 6.07) is -0.700. The van der Waals surface area contributed by atoms with Crippen LogP contribution in [0.4, 0.5) is 0 Å². The van der Waals surface area contributed by atoms with Gasteiger partial charge in [-0.3, -0.25) is 43.3 Å². The summed E-state index contributed by atoms with van der Waals surface area (Å²) in [5, 5.41) is 19.9. The number of primary amides is 2. The van der Waals surface area contributed by atoms with Gasteiger partial charge in [0.05, 0.1) is 6.10 Å². The molecule has 1 aromatic carbocycles. The first-order valence-electron chi connectivity index (χ1n) is 16.4. The summed E-state index contributed by atoms with van der Waals surface area (Å²) in [5.41, 5.74) is 11.0. The zero-order valence-electron chi connectivity index (χ0n) is 28.7. The van der Waals surface area contributed by atoms with Gasteiger partial charge in [0.25, 0.3) is 0 Å². The van der Waals surface area contributed by atoms with E-state index in [1.165, 1.54) is 43.0 Å². The van der Waals surface area contributed by atoms with E-state index < -0.39 is 85.5 Å². The van der Waals surface area contributed by atoms with Gasteiger partial charge >= 0.3 is 7.82 Å². The highest BCUT2D eigenvalue weighted by Gasteiger charge is 2.39.